The van der Waals surface area contributed by atoms with Crippen molar-refractivity contribution in [1.29, 1.82) is 0 Å². The van der Waals surface area contributed by atoms with E-state index in [9.17, 15) is 10.2 Å². The zero-order valence-corrected chi connectivity index (χ0v) is 11.1. The highest BCUT2D eigenvalue weighted by Gasteiger charge is 2.23. The van der Waals surface area contributed by atoms with Gasteiger partial charge in [-0.25, -0.2) is 0 Å². The summed E-state index contributed by atoms with van der Waals surface area (Å²) in [5.41, 5.74) is 0.0674. The predicted molar refractivity (Wildman–Crippen MR) is 70.0 cm³/mol. The Morgan fingerprint density at radius 2 is 1.82 bits per heavy atom. The van der Waals surface area contributed by atoms with E-state index in [1.807, 2.05) is 12.1 Å². The van der Waals surface area contributed by atoms with Gasteiger partial charge in [-0.1, -0.05) is 32.0 Å². The Bertz CT molecular complexity index is 355. The van der Waals surface area contributed by atoms with Crippen LogP contribution in [-0.2, 0) is 0 Å². The average molecular weight is 237 g/mol. The van der Waals surface area contributed by atoms with Gasteiger partial charge in [-0.05, 0) is 26.3 Å². The third kappa shape index (κ3) is 4.75. The molecule has 3 N–H and O–H groups in total. The highest BCUT2D eigenvalue weighted by atomic mass is 16.3. The summed E-state index contributed by atoms with van der Waals surface area (Å²) in [6, 6.07) is 7.51. The second-order valence-corrected chi connectivity index (χ2v) is 5.45. The van der Waals surface area contributed by atoms with Crippen LogP contribution in [-0.4, -0.2) is 21.9 Å². The maximum absolute atomic E-state index is 9.93. The van der Waals surface area contributed by atoms with Crippen LogP contribution >= 0.6 is 0 Å². The first-order chi connectivity index (χ1) is 7.79. The van der Waals surface area contributed by atoms with E-state index in [2.05, 4.69) is 19.2 Å². The Labute approximate surface area is 103 Å². The quantitative estimate of drug-likeness (QED) is 0.738. The standard InChI is InChI=1S/C14H23NO2/c1-10(2)15-12(9-14(3,4)17)11-7-5-6-8-13(11)16/h5-8,10,12,15-17H,9H2,1-4H3. The van der Waals surface area contributed by atoms with Crippen LogP contribution in [0.25, 0.3) is 0 Å². The van der Waals surface area contributed by atoms with Crippen molar-refractivity contribution in [3.63, 3.8) is 0 Å². The van der Waals surface area contributed by atoms with Crippen LogP contribution in [0.2, 0.25) is 0 Å². The Morgan fingerprint density at radius 3 is 2.29 bits per heavy atom. The molecule has 3 heteroatoms. The maximum atomic E-state index is 9.93. The zero-order valence-electron chi connectivity index (χ0n) is 11.1. The van der Waals surface area contributed by atoms with Crippen molar-refractivity contribution in [3.05, 3.63) is 29.8 Å². The van der Waals surface area contributed by atoms with Gasteiger partial charge in [-0.3, -0.25) is 0 Å². The van der Waals surface area contributed by atoms with E-state index in [1.54, 1.807) is 26.0 Å². The summed E-state index contributed by atoms with van der Waals surface area (Å²) < 4.78 is 0. The number of aromatic hydroxyl groups is 1. The summed E-state index contributed by atoms with van der Waals surface area (Å²) in [5.74, 6) is 0.273. The van der Waals surface area contributed by atoms with E-state index in [0.29, 0.717) is 12.5 Å². The first-order valence-electron chi connectivity index (χ1n) is 6.06. The van der Waals surface area contributed by atoms with E-state index in [4.69, 9.17) is 0 Å². The van der Waals surface area contributed by atoms with Gasteiger partial charge >= 0.3 is 0 Å². The van der Waals surface area contributed by atoms with Crippen LogP contribution in [0.5, 0.6) is 5.75 Å². The lowest BCUT2D eigenvalue weighted by atomic mass is 9.93. The molecule has 0 bridgehead atoms. The zero-order chi connectivity index (χ0) is 13.1. The minimum absolute atomic E-state index is 0.0452. The molecular weight excluding hydrogens is 214 g/mol. The molecule has 1 aromatic carbocycles. The normalized spacial score (nSPS) is 14.0. The lowest BCUT2D eigenvalue weighted by Gasteiger charge is -2.28. The smallest absolute Gasteiger partial charge is 0.120 e. The van der Waals surface area contributed by atoms with Crippen LogP contribution < -0.4 is 5.32 Å². The molecule has 1 unspecified atom stereocenters. The first-order valence-corrected chi connectivity index (χ1v) is 6.06. The third-order valence-corrected chi connectivity index (χ3v) is 2.55. The van der Waals surface area contributed by atoms with Crippen molar-refractivity contribution in [2.45, 2.75) is 51.8 Å². The molecule has 0 saturated heterocycles. The largest absolute Gasteiger partial charge is 0.508 e. The Kier molecular flexibility index (Phi) is 4.54. The minimum Gasteiger partial charge on any atom is -0.508 e. The molecule has 0 aliphatic heterocycles. The van der Waals surface area contributed by atoms with Crippen LogP contribution in [0.1, 0.15) is 45.7 Å². The molecule has 17 heavy (non-hydrogen) atoms. The van der Waals surface area contributed by atoms with Crippen molar-refractivity contribution in [2.75, 3.05) is 0 Å². The number of nitrogens with one attached hydrogen (secondary N) is 1. The molecule has 3 nitrogen and oxygen atoms in total. The Hall–Kier alpha value is -1.06. The van der Waals surface area contributed by atoms with Gasteiger partial charge in [0.1, 0.15) is 5.75 Å². The Morgan fingerprint density at radius 1 is 1.24 bits per heavy atom. The average Bonchev–Trinajstić information content (AvgIpc) is 2.14. The van der Waals surface area contributed by atoms with Gasteiger partial charge in [0.2, 0.25) is 0 Å². The molecule has 1 atom stereocenters. The fourth-order valence-electron chi connectivity index (χ4n) is 1.94. The number of aliphatic hydroxyl groups is 1. The van der Waals surface area contributed by atoms with Gasteiger partial charge in [-0.15, -0.1) is 0 Å². The minimum atomic E-state index is -0.769. The number of benzene rings is 1. The van der Waals surface area contributed by atoms with Gasteiger partial charge in [0.15, 0.2) is 0 Å². The van der Waals surface area contributed by atoms with E-state index >= 15 is 0 Å². The summed E-state index contributed by atoms with van der Waals surface area (Å²) in [6.07, 6.45) is 0.558. The monoisotopic (exact) mass is 237 g/mol. The fraction of sp³-hybridized carbons (Fsp3) is 0.571. The molecule has 0 aromatic heterocycles. The molecule has 0 amide bonds. The maximum Gasteiger partial charge on any atom is 0.120 e. The summed E-state index contributed by atoms with van der Waals surface area (Å²) in [6.45, 7) is 7.67. The molecule has 0 radical (unpaired) electrons. The number of phenols is 1. The second-order valence-electron chi connectivity index (χ2n) is 5.45. The fourth-order valence-corrected chi connectivity index (χ4v) is 1.94. The highest BCUT2D eigenvalue weighted by molar-refractivity contribution is 5.34. The van der Waals surface area contributed by atoms with Gasteiger partial charge in [0.05, 0.1) is 5.60 Å². The molecule has 1 aromatic rings. The Balaban J connectivity index is 2.94. The summed E-state index contributed by atoms with van der Waals surface area (Å²) in [7, 11) is 0. The third-order valence-electron chi connectivity index (χ3n) is 2.55. The van der Waals surface area contributed by atoms with E-state index in [0.717, 1.165) is 5.56 Å². The molecule has 0 saturated carbocycles. The topological polar surface area (TPSA) is 52.5 Å². The molecule has 96 valence electrons. The van der Waals surface area contributed by atoms with Crippen LogP contribution in [0.15, 0.2) is 24.3 Å². The van der Waals surface area contributed by atoms with Crippen LogP contribution in [0.3, 0.4) is 0 Å². The predicted octanol–water partition coefficient (Wildman–Crippen LogP) is 2.59. The van der Waals surface area contributed by atoms with Crippen molar-refractivity contribution in [1.82, 2.24) is 5.32 Å². The number of phenolic OH excluding ortho intramolecular Hbond substituents is 1. The lowest BCUT2D eigenvalue weighted by Crippen LogP contribution is -2.34. The van der Waals surface area contributed by atoms with Crippen LogP contribution in [0, 0.1) is 0 Å². The van der Waals surface area contributed by atoms with Gasteiger partial charge in [-0.2, -0.15) is 0 Å². The van der Waals surface area contributed by atoms with Crippen molar-refractivity contribution in [2.24, 2.45) is 0 Å². The van der Waals surface area contributed by atoms with Gasteiger partial charge in [0, 0.05) is 17.6 Å². The molecular formula is C14H23NO2. The molecule has 0 aliphatic carbocycles. The number of rotatable bonds is 5. The van der Waals surface area contributed by atoms with E-state index in [1.165, 1.54) is 0 Å². The number of hydrogen-bond donors (Lipinski definition) is 3. The van der Waals surface area contributed by atoms with Crippen molar-refractivity contribution in [3.8, 4) is 5.75 Å². The molecule has 0 aliphatic rings. The number of hydrogen-bond acceptors (Lipinski definition) is 3. The van der Waals surface area contributed by atoms with E-state index in [-0.39, 0.29) is 11.8 Å². The molecule has 0 heterocycles. The first kappa shape index (κ1) is 14.0. The summed E-state index contributed by atoms with van der Waals surface area (Å²) >= 11 is 0. The highest BCUT2D eigenvalue weighted by Crippen LogP contribution is 2.30. The number of para-hydroxylation sites is 1. The summed E-state index contributed by atoms with van der Waals surface area (Å²) in [5, 5.41) is 23.2. The molecule has 0 spiro atoms. The second kappa shape index (κ2) is 5.52. The summed E-state index contributed by atoms with van der Waals surface area (Å²) in [4.78, 5) is 0. The van der Waals surface area contributed by atoms with Gasteiger partial charge < -0.3 is 15.5 Å². The molecule has 1 rings (SSSR count). The van der Waals surface area contributed by atoms with E-state index < -0.39 is 5.60 Å². The SMILES string of the molecule is CC(C)NC(CC(C)(C)O)c1ccccc1O. The molecule has 0 fully saturated rings. The van der Waals surface area contributed by atoms with Crippen LogP contribution in [0.4, 0.5) is 0 Å². The lowest BCUT2D eigenvalue weighted by molar-refractivity contribution is 0.0576. The van der Waals surface area contributed by atoms with Crippen molar-refractivity contribution < 1.29 is 10.2 Å². The van der Waals surface area contributed by atoms with Gasteiger partial charge in [0.25, 0.3) is 0 Å². The van der Waals surface area contributed by atoms with Crippen molar-refractivity contribution >= 4 is 0 Å².